The summed E-state index contributed by atoms with van der Waals surface area (Å²) in [4.78, 5) is 12.1. The number of allylic oxidation sites excluding steroid dienone is 1. The maximum Gasteiger partial charge on any atom is 0.244 e. The van der Waals surface area contributed by atoms with Crippen LogP contribution in [0.15, 0.2) is 64.2 Å². The molecule has 144 valence electrons. The minimum absolute atomic E-state index is 0.169. The summed E-state index contributed by atoms with van der Waals surface area (Å²) in [5, 5.41) is 3.74. The lowest BCUT2D eigenvalue weighted by Gasteiger charge is -2.13. The second-order valence-corrected chi connectivity index (χ2v) is 7.39. The molecule has 3 aromatic rings. The zero-order valence-electron chi connectivity index (χ0n) is 16.1. The van der Waals surface area contributed by atoms with Gasteiger partial charge < -0.3 is 14.5 Å². The summed E-state index contributed by atoms with van der Waals surface area (Å²) in [6.07, 6.45) is 4.99. The minimum Gasteiger partial charge on any atom is -0.496 e. The topological polar surface area (TPSA) is 51.5 Å². The number of halogens is 1. The zero-order chi connectivity index (χ0) is 20.3. The number of hydrogen-bond donors (Lipinski definition) is 1. The molecule has 3 rings (SSSR count). The van der Waals surface area contributed by atoms with Crippen LogP contribution in [0.5, 0.6) is 5.75 Å². The number of benzene rings is 2. The van der Waals surface area contributed by atoms with E-state index in [9.17, 15) is 4.79 Å². The lowest BCUT2D eigenvalue weighted by Crippen LogP contribution is -2.20. The predicted octanol–water partition coefficient (Wildman–Crippen LogP) is 5.88. The van der Waals surface area contributed by atoms with Crippen molar-refractivity contribution in [3.8, 4) is 16.9 Å². The largest absolute Gasteiger partial charge is 0.496 e. The highest BCUT2D eigenvalue weighted by atomic mass is 79.9. The Morgan fingerprint density at radius 3 is 2.68 bits per heavy atom. The quantitative estimate of drug-likeness (QED) is 0.385. The molecule has 0 aliphatic heterocycles. The summed E-state index contributed by atoms with van der Waals surface area (Å²) in [5.41, 5.74) is 5.41. The van der Waals surface area contributed by atoms with Gasteiger partial charge in [-0.2, -0.15) is 0 Å². The Bertz CT molecular complexity index is 1060. The maximum atomic E-state index is 12.1. The van der Waals surface area contributed by atoms with E-state index in [2.05, 4.69) is 27.8 Å². The number of ether oxygens (including phenoxy) is 1. The van der Waals surface area contributed by atoms with E-state index in [0.29, 0.717) is 12.3 Å². The molecule has 28 heavy (non-hydrogen) atoms. The summed E-state index contributed by atoms with van der Waals surface area (Å²) in [6.45, 7) is 7.90. The third kappa shape index (κ3) is 3.90. The lowest BCUT2D eigenvalue weighted by atomic mass is 9.96. The number of fused-ring (bicyclic) bond motifs is 1. The van der Waals surface area contributed by atoms with Gasteiger partial charge >= 0.3 is 0 Å². The van der Waals surface area contributed by atoms with E-state index >= 15 is 0 Å². The van der Waals surface area contributed by atoms with Gasteiger partial charge in [0.15, 0.2) is 0 Å². The molecule has 0 spiro atoms. The van der Waals surface area contributed by atoms with Gasteiger partial charge in [-0.05, 0) is 43.2 Å². The Labute approximate surface area is 173 Å². The summed E-state index contributed by atoms with van der Waals surface area (Å²) in [7, 11) is 1.63. The van der Waals surface area contributed by atoms with Crippen molar-refractivity contribution >= 4 is 38.4 Å². The van der Waals surface area contributed by atoms with E-state index in [4.69, 9.17) is 9.15 Å². The molecular weight excluding hydrogens is 418 g/mol. The Hall–Kier alpha value is -2.79. The van der Waals surface area contributed by atoms with Crippen LogP contribution in [0.2, 0.25) is 0 Å². The molecule has 0 atom stereocenters. The average Bonchev–Trinajstić information content (AvgIpc) is 3.11. The number of hydrogen-bond acceptors (Lipinski definition) is 3. The number of carbonyl (C=O) groups excluding carboxylic acids is 1. The highest BCUT2D eigenvalue weighted by Crippen LogP contribution is 2.40. The molecule has 5 heteroatoms. The average molecular weight is 440 g/mol. The van der Waals surface area contributed by atoms with Crippen LogP contribution in [-0.4, -0.2) is 19.6 Å². The molecule has 0 saturated heterocycles. The molecule has 4 nitrogen and oxygen atoms in total. The van der Waals surface area contributed by atoms with Crippen LogP contribution in [0.4, 0.5) is 0 Å². The molecule has 1 amide bonds. The van der Waals surface area contributed by atoms with Crippen molar-refractivity contribution < 1.29 is 13.9 Å². The van der Waals surface area contributed by atoms with Crippen LogP contribution in [0, 0.1) is 6.92 Å². The van der Waals surface area contributed by atoms with Crippen molar-refractivity contribution in [2.24, 2.45) is 0 Å². The number of furan rings is 1. The van der Waals surface area contributed by atoms with Gasteiger partial charge in [0.2, 0.25) is 5.91 Å². The first kappa shape index (κ1) is 20.0. The Morgan fingerprint density at radius 2 is 2.04 bits per heavy atom. The second-order valence-electron chi connectivity index (χ2n) is 6.48. The summed E-state index contributed by atoms with van der Waals surface area (Å²) < 4.78 is 12.5. The Morgan fingerprint density at radius 1 is 1.32 bits per heavy atom. The molecule has 0 bridgehead atoms. The van der Waals surface area contributed by atoms with Crippen molar-refractivity contribution in [1.82, 2.24) is 5.32 Å². The van der Waals surface area contributed by atoms with Crippen LogP contribution < -0.4 is 10.1 Å². The van der Waals surface area contributed by atoms with Crippen molar-refractivity contribution in [3.63, 3.8) is 0 Å². The number of nitrogens with one attached hydrogen (secondary N) is 1. The fourth-order valence-corrected chi connectivity index (χ4v) is 3.49. The minimum atomic E-state index is -0.169. The second kappa shape index (κ2) is 8.48. The van der Waals surface area contributed by atoms with Gasteiger partial charge in [-0.15, -0.1) is 6.58 Å². The van der Waals surface area contributed by atoms with E-state index in [-0.39, 0.29) is 5.91 Å². The maximum absolute atomic E-state index is 12.1. The molecule has 0 radical (unpaired) electrons. The van der Waals surface area contributed by atoms with E-state index < -0.39 is 0 Å². The number of carbonyl (C=O) groups is 1. The van der Waals surface area contributed by atoms with Gasteiger partial charge in [0.1, 0.15) is 11.3 Å². The van der Waals surface area contributed by atoms with Crippen LogP contribution in [-0.2, 0) is 4.79 Å². The number of aryl methyl sites for hydroxylation is 1. The Kier molecular flexibility index (Phi) is 6.05. The fourth-order valence-electron chi connectivity index (χ4n) is 3.22. The highest BCUT2D eigenvalue weighted by molar-refractivity contribution is 9.10. The van der Waals surface area contributed by atoms with Gasteiger partial charge in [-0.3, -0.25) is 4.79 Å². The zero-order valence-corrected chi connectivity index (χ0v) is 17.7. The molecule has 1 aromatic heterocycles. The molecule has 0 aliphatic carbocycles. The first-order valence-corrected chi connectivity index (χ1v) is 9.67. The first-order chi connectivity index (χ1) is 13.5. The SMILES string of the molecule is C=CCNC(=O)/C=C(\C)c1cc2c(-c3ccc(Br)cc3)coc2c(C)c1OC. The van der Waals surface area contributed by atoms with Crippen LogP contribution in [0.3, 0.4) is 0 Å². The van der Waals surface area contributed by atoms with Crippen molar-refractivity contribution in [3.05, 3.63) is 70.9 Å². The van der Waals surface area contributed by atoms with E-state index in [0.717, 1.165) is 43.3 Å². The molecule has 0 fully saturated rings. The molecule has 0 saturated carbocycles. The molecule has 1 N–H and O–H groups in total. The predicted molar refractivity (Wildman–Crippen MR) is 117 cm³/mol. The van der Waals surface area contributed by atoms with Gasteiger partial charge in [0, 0.05) is 39.2 Å². The lowest BCUT2D eigenvalue weighted by molar-refractivity contribution is -0.116. The van der Waals surface area contributed by atoms with E-state index in [1.54, 1.807) is 25.5 Å². The molecular formula is C23H22BrNO3. The summed E-state index contributed by atoms with van der Waals surface area (Å²) in [5.74, 6) is 0.534. The fraction of sp³-hybridized carbons (Fsp3) is 0.174. The third-order valence-corrected chi connectivity index (χ3v) is 5.12. The van der Waals surface area contributed by atoms with Crippen LogP contribution >= 0.6 is 15.9 Å². The summed E-state index contributed by atoms with van der Waals surface area (Å²) in [6, 6.07) is 10.1. The molecule has 0 aliphatic rings. The van der Waals surface area contributed by atoms with Gasteiger partial charge in [-0.25, -0.2) is 0 Å². The Balaban J connectivity index is 2.15. The third-order valence-electron chi connectivity index (χ3n) is 4.60. The first-order valence-electron chi connectivity index (χ1n) is 8.88. The van der Waals surface area contributed by atoms with Gasteiger partial charge in [0.05, 0.1) is 13.4 Å². The highest BCUT2D eigenvalue weighted by Gasteiger charge is 2.18. The van der Waals surface area contributed by atoms with Gasteiger partial charge in [-0.1, -0.05) is 34.1 Å². The monoisotopic (exact) mass is 439 g/mol. The molecule has 0 unspecified atom stereocenters. The van der Waals surface area contributed by atoms with E-state index in [1.807, 2.05) is 44.2 Å². The van der Waals surface area contributed by atoms with Crippen LogP contribution in [0.1, 0.15) is 18.1 Å². The number of rotatable bonds is 6. The standard InChI is InChI=1S/C23H22BrNO3/c1-5-10-25-21(26)11-14(2)18-12-19-20(16-6-8-17(24)9-7-16)13-28-23(19)15(3)22(18)27-4/h5-9,11-13H,1,10H2,2-4H3,(H,25,26)/b14-11+. The van der Waals surface area contributed by atoms with E-state index in [1.165, 1.54) is 0 Å². The van der Waals surface area contributed by atoms with Gasteiger partial charge in [0.25, 0.3) is 0 Å². The molecule has 2 aromatic carbocycles. The number of methoxy groups -OCH3 is 1. The summed E-state index contributed by atoms with van der Waals surface area (Å²) >= 11 is 3.47. The van der Waals surface area contributed by atoms with Crippen molar-refractivity contribution in [1.29, 1.82) is 0 Å². The van der Waals surface area contributed by atoms with Crippen molar-refractivity contribution in [2.75, 3.05) is 13.7 Å². The normalized spacial score (nSPS) is 11.5. The van der Waals surface area contributed by atoms with Crippen LogP contribution in [0.25, 0.3) is 27.7 Å². The smallest absolute Gasteiger partial charge is 0.244 e. The van der Waals surface area contributed by atoms with Crippen molar-refractivity contribution in [2.45, 2.75) is 13.8 Å². The number of amides is 1. The molecule has 1 heterocycles.